The summed E-state index contributed by atoms with van der Waals surface area (Å²) in [6, 6.07) is 0. The Kier molecular flexibility index (Phi) is 5.80. The molecule has 1 saturated carbocycles. The van der Waals surface area contributed by atoms with Crippen molar-refractivity contribution in [3.8, 4) is 0 Å². The van der Waals surface area contributed by atoms with Gasteiger partial charge in [-0.2, -0.15) is 0 Å². The van der Waals surface area contributed by atoms with Crippen LogP contribution in [0.2, 0.25) is 0 Å². The first-order valence-corrected chi connectivity index (χ1v) is 6.45. The zero-order chi connectivity index (χ0) is 12.7. The molecular formula is C12H24N4O. The second-order valence-corrected chi connectivity index (χ2v) is 4.94. The number of nitrogens with two attached hydrogens (primary N) is 1. The second kappa shape index (κ2) is 7.14. The van der Waals surface area contributed by atoms with Crippen LogP contribution in [0.5, 0.6) is 0 Å². The summed E-state index contributed by atoms with van der Waals surface area (Å²) >= 11 is 0. The van der Waals surface area contributed by atoms with Gasteiger partial charge >= 0.3 is 0 Å². The third-order valence-electron chi connectivity index (χ3n) is 3.35. The molecule has 98 valence electrons. The molecule has 0 atom stereocenters. The zero-order valence-electron chi connectivity index (χ0n) is 10.6. The van der Waals surface area contributed by atoms with Crippen molar-refractivity contribution in [1.29, 1.82) is 5.41 Å². The van der Waals surface area contributed by atoms with Gasteiger partial charge in [-0.15, -0.1) is 0 Å². The highest BCUT2D eigenvalue weighted by Gasteiger charge is 2.23. The van der Waals surface area contributed by atoms with E-state index in [-0.39, 0.29) is 17.8 Å². The van der Waals surface area contributed by atoms with Crippen molar-refractivity contribution in [2.75, 3.05) is 13.1 Å². The molecule has 1 amide bonds. The Labute approximate surface area is 103 Å². The van der Waals surface area contributed by atoms with Gasteiger partial charge in [0.25, 0.3) is 0 Å². The van der Waals surface area contributed by atoms with Gasteiger partial charge in [-0.1, -0.05) is 6.92 Å². The Morgan fingerprint density at radius 2 is 1.82 bits per heavy atom. The molecule has 0 radical (unpaired) electrons. The third-order valence-corrected chi connectivity index (χ3v) is 3.35. The fourth-order valence-corrected chi connectivity index (χ4v) is 2.19. The maximum Gasteiger partial charge on any atom is 0.223 e. The van der Waals surface area contributed by atoms with E-state index in [2.05, 4.69) is 17.6 Å². The summed E-state index contributed by atoms with van der Waals surface area (Å²) < 4.78 is 0. The van der Waals surface area contributed by atoms with E-state index in [9.17, 15) is 4.79 Å². The first-order valence-electron chi connectivity index (χ1n) is 6.45. The van der Waals surface area contributed by atoms with Crippen molar-refractivity contribution in [1.82, 2.24) is 10.6 Å². The summed E-state index contributed by atoms with van der Waals surface area (Å²) in [5.41, 5.74) is 5.15. The van der Waals surface area contributed by atoms with Crippen LogP contribution in [0.25, 0.3) is 0 Å². The van der Waals surface area contributed by atoms with Crippen LogP contribution < -0.4 is 16.4 Å². The molecule has 5 N–H and O–H groups in total. The van der Waals surface area contributed by atoms with Gasteiger partial charge in [0, 0.05) is 19.0 Å². The fraction of sp³-hybridized carbons (Fsp3) is 0.833. The standard InChI is InChI=1S/C12H24N4O/c1-9-3-5-10(6-4-9)11(17)15-7-2-8-16-12(13)14/h9-10H,2-8H2,1H3,(H,15,17)(H4,13,14,16). The fourth-order valence-electron chi connectivity index (χ4n) is 2.19. The van der Waals surface area contributed by atoms with E-state index < -0.39 is 0 Å². The van der Waals surface area contributed by atoms with Gasteiger partial charge in [-0.05, 0) is 38.0 Å². The van der Waals surface area contributed by atoms with Gasteiger partial charge in [-0.25, -0.2) is 0 Å². The number of carbonyl (C=O) groups excluding carboxylic acids is 1. The van der Waals surface area contributed by atoms with Crippen LogP contribution in [-0.4, -0.2) is 25.0 Å². The van der Waals surface area contributed by atoms with Crippen LogP contribution in [0.15, 0.2) is 0 Å². The summed E-state index contributed by atoms with van der Waals surface area (Å²) in [6.07, 6.45) is 5.19. The minimum Gasteiger partial charge on any atom is -0.370 e. The molecule has 0 aromatic heterocycles. The van der Waals surface area contributed by atoms with E-state index >= 15 is 0 Å². The van der Waals surface area contributed by atoms with Crippen LogP contribution in [0.3, 0.4) is 0 Å². The van der Waals surface area contributed by atoms with Gasteiger partial charge in [0.1, 0.15) is 0 Å². The number of amides is 1. The highest BCUT2D eigenvalue weighted by atomic mass is 16.1. The maximum atomic E-state index is 11.8. The van der Waals surface area contributed by atoms with Crippen LogP contribution in [0.1, 0.15) is 39.0 Å². The molecule has 1 fully saturated rings. The lowest BCUT2D eigenvalue weighted by molar-refractivity contribution is -0.126. The van der Waals surface area contributed by atoms with Crippen molar-refractivity contribution in [2.45, 2.75) is 39.0 Å². The Morgan fingerprint density at radius 3 is 2.41 bits per heavy atom. The van der Waals surface area contributed by atoms with Gasteiger partial charge in [0.05, 0.1) is 0 Å². The van der Waals surface area contributed by atoms with Gasteiger partial charge in [-0.3, -0.25) is 10.2 Å². The number of hydrogen-bond donors (Lipinski definition) is 4. The highest BCUT2D eigenvalue weighted by molar-refractivity contribution is 5.78. The van der Waals surface area contributed by atoms with Crippen molar-refractivity contribution < 1.29 is 4.79 Å². The molecular weight excluding hydrogens is 216 g/mol. The summed E-state index contributed by atoms with van der Waals surface area (Å²) in [7, 11) is 0. The lowest BCUT2D eigenvalue weighted by Gasteiger charge is -2.25. The molecule has 0 unspecified atom stereocenters. The van der Waals surface area contributed by atoms with Crippen molar-refractivity contribution in [2.24, 2.45) is 17.6 Å². The van der Waals surface area contributed by atoms with Gasteiger partial charge in [0.15, 0.2) is 5.96 Å². The van der Waals surface area contributed by atoms with E-state index in [1.807, 2.05) is 0 Å². The Bertz CT molecular complexity index is 259. The lowest BCUT2D eigenvalue weighted by Crippen LogP contribution is -2.36. The molecule has 0 saturated heterocycles. The van der Waals surface area contributed by atoms with E-state index in [0.717, 1.165) is 25.2 Å². The van der Waals surface area contributed by atoms with E-state index in [1.54, 1.807) is 0 Å². The molecule has 0 bridgehead atoms. The molecule has 0 aliphatic heterocycles. The SMILES string of the molecule is CC1CCC(C(=O)NCCCNC(=N)N)CC1. The summed E-state index contributed by atoms with van der Waals surface area (Å²) in [6.45, 7) is 3.55. The summed E-state index contributed by atoms with van der Waals surface area (Å²) in [4.78, 5) is 11.8. The topological polar surface area (TPSA) is 91.0 Å². The third kappa shape index (κ3) is 5.56. The average Bonchev–Trinajstić information content (AvgIpc) is 2.29. The number of rotatable bonds is 5. The molecule has 0 heterocycles. The van der Waals surface area contributed by atoms with Crippen LogP contribution in [0.4, 0.5) is 0 Å². The minimum absolute atomic E-state index is 0.0161. The van der Waals surface area contributed by atoms with E-state index in [1.165, 1.54) is 12.8 Å². The number of carbonyl (C=O) groups is 1. The van der Waals surface area contributed by atoms with Crippen LogP contribution in [0, 0.1) is 17.2 Å². The lowest BCUT2D eigenvalue weighted by atomic mass is 9.82. The Hall–Kier alpha value is -1.26. The molecule has 0 spiro atoms. The molecule has 1 aliphatic carbocycles. The number of guanidine groups is 1. The van der Waals surface area contributed by atoms with E-state index in [4.69, 9.17) is 11.1 Å². The summed E-state index contributed by atoms with van der Waals surface area (Å²) in [5, 5.41) is 12.6. The molecule has 0 aromatic rings. The van der Waals surface area contributed by atoms with Gasteiger partial charge in [0.2, 0.25) is 5.91 Å². The zero-order valence-corrected chi connectivity index (χ0v) is 10.6. The molecule has 0 aromatic carbocycles. The maximum absolute atomic E-state index is 11.8. The molecule has 5 heteroatoms. The highest BCUT2D eigenvalue weighted by Crippen LogP contribution is 2.28. The predicted octanol–water partition coefficient (Wildman–Crippen LogP) is 0.802. The molecule has 17 heavy (non-hydrogen) atoms. The normalized spacial score (nSPS) is 24.1. The second-order valence-electron chi connectivity index (χ2n) is 4.94. The van der Waals surface area contributed by atoms with Crippen molar-refractivity contribution >= 4 is 11.9 Å². The van der Waals surface area contributed by atoms with Gasteiger partial charge < -0.3 is 16.4 Å². The quantitative estimate of drug-likeness (QED) is 0.325. The Morgan fingerprint density at radius 1 is 1.24 bits per heavy atom. The van der Waals surface area contributed by atoms with Crippen molar-refractivity contribution in [3.05, 3.63) is 0 Å². The first-order chi connectivity index (χ1) is 8.09. The molecule has 1 rings (SSSR count). The van der Waals surface area contributed by atoms with Crippen LogP contribution in [-0.2, 0) is 4.79 Å². The van der Waals surface area contributed by atoms with Crippen LogP contribution >= 0.6 is 0 Å². The van der Waals surface area contributed by atoms with E-state index in [0.29, 0.717) is 13.1 Å². The predicted molar refractivity (Wildman–Crippen MR) is 68.7 cm³/mol. The number of nitrogens with one attached hydrogen (secondary N) is 3. The minimum atomic E-state index is -0.0161. The monoisotopic (exact) mass is 240 g/mol. The number of hydrogen-bond acceptors (Lipinski definition) is 2. The Balaban J connectivity index is 2.06. The first kappa shape index (κ1) is 13.8. The molecule has 5 nitrogen and oxygen atoms in total. The summed E-state index contributed by atoms with van der Waals surface area (Å²) in [5.74, 6) is 1.17. The average molecular weight is 240 g/mol. The van der Waals surface area contributed by atoms with Crippen molar-refractivity contribution in [3.63, 3.8) is 0 Å². The molecule has 1 aliphatic rings. The largest absolute Gasteiger partial charge is 0.370 e. The smallest absolute Gasteiger partial charge is 0.223 e.